The van der Waals surface area contributed by atoms with Crippen molar-refractivity contribution >= 4 is 11.6 Å². The SMILES string of the molecule is CCCNCc1ccc(OCCOCC(F)(F)F)c(Cl)c1. The Kier molecular flexibility index (Phi) is 7.85. The monoisotopic (exact) mass is 325 g/mol. The molecule has 0 radical (unpaired) electrons. The number of hydrogen-bond donors (Lipinski definition) is 1. The fourth-order valence-corrected chi connectivity index (χ4v) is 1.84. The molecule has 0 aliphatic rings. The number of benzene rings is 1. The van der Waals surface area contributed by atoms with Crippen molar-refractivity contribution in [3.8, 4) is 5.75 Å². The topological polar surface area (TPSA) is 30.5 Å². The molecule has 0 spiro atoms. The Hall–Kier alpha value is -0.980. The summed E-state index contributed by atoms with van der Waals surface area (Å²) in [5.74, 6) is 0.437. The number of hydrogen-bond acceptors (Lipinski definition) is 3. The average Bonchev–Trinajstić information content (AvgIpc) is 2.39. The number of nitrogens with one attached hydrogen (secondary N) is 1. The first-order valence-corrected chi connectivity index (χ1v) is 7.06. The smallest absolute Gasteiger partial charge is 0.411 e. The van der Waals surface area contributed by atoms with Crippen molar-refractivity contribution in [3.05, 3.63) is 28.8 Å². The molecule has 120 valence electrons. The molecule has 0 atom stereocenters. The number of rotatable bonds is 9. The predicted octanol–water partition coefficient (Wildman–Crippen LogP) is 3.80. The van der Waals surface area contributed by atoms with E-state index in [1.165, 1.54) is 0 Å². The van der Waals surface area contributed by atoms with Gasteiger partial charge in [-0.1, -0.05) is 24.6 Å². The van der Waals surface area contributed by atoms with Crippen LogP contribution in [0, 0.1) is 0 Å². The van der Waals surface area contributed by atoms with E-state index in [9.17, 15) is 13.2 Å². The molecule has 1 aromatic rings. The highest BCUT2D eigenvalue weighted by atomic mass is 35.5. The Labute approximate surface area is 127 Å². The van der Waals surface area contributed by atoms with Gasteiger partial charge in [-0.3, -0.25) is 0 Å². The molecule has 21 heavy (non-hydrogen) atoms. The maximum absolute atomic E-state index is 11.8. The van der Waals surface area contributed by atoms with E-state index in [2.05, 4.69) is 17.0 Å². The first-order valence-electron chi connectivity index (χ1n) is 6.69. The van der Waals surface area contributed by atoms with Gasteiger partial charge in [-0.15, -0.1) is 0 Å². The van der Waals surface area contributed by atoms with Crippen LogP contribution in [-0.4, -0.2) is 32.5 Å². The van der Waals surface area contributed by atoms with Gasteiger partial charge in [0.25, 0.3) is 0 Å². The van der Waals surface area contributed by atoms with Gasteiger partial charge in [0.15, 0.2) is 0 Å². The van der Waals surface area contributed by atoms with E-state index in [-0.39, 0.29) is 13.2 Å². The van der Waals surface area contributed by atoms with Crippen LogP contribution in [0.3, 0.4) is 0 Å². The lowest BCUT2D eigenvalue weighted by atomic mass is 10.2. The van der Waals surface area contributed by atoms with Gasteiger partial charge in [-0.05, 0) is 30.7 Å². The summed E-state index contributed by atoms with van der Waals surface area (Å²) in [7, 11) is 0. The van der Waals surface area contributed by atoms with Gasteiger partial charge < -0.3 is 14.8 Å². The molecular formula is C14H19ClF3NO2. The van der Waals surface area contributed by atoms with Gasteiger partial charge in [0, 0.05) is 6.54 Å². The van der Waals surface area contributed by atoms with Crippen LogP contribution in [0.5, 0.6) is 5.75 Å². The summed E-state index contributed by atoms with van der Waals surface area (Å²) >= 11 is 6.05. The zero-order valence-corrected chi connectivity index (χ0v) is 12.6. The zero-order chi connectivity index (χ0) is 15.7. The van der Waals surface area contributed by atoms with Gasteiger partial charge in [-0.25, -0.2) is 0 Å². The molecule has 1 N–H and O–H groups in total. The van der Waals surface area contributed by atoms with Crippen LogP contribution in [0.2, 0.25) is 5.02 Å². The van der Waals surface area contributed by atoms with Crippen LogP contribution < -0.4 is 10.1 Å². The van der Waals surface area contributed by atoms with E-state index >= 15 is 0 Å². The maximum Gasteiger partial charge on any atom is 0.411 e. The molecule has 0 aliphatic carbocycles. The van der Waals surface area contributed by atoms with Crippen LogP contribution in [0.15, 0.2) is 18.2 Å². The third-order valence-corrected chi connectivity index (χ3v) is 2.80. The molecule has 0 amide bonds. The summed E-state index contributed by atoms with van der Waals surface area (Å²) in [6.45, 7) is 2.32. The molecule has 0 aromatic heterocycles. The summed E-state index contributed by atoms with van der Waals surface area (Å²) < 4.78 is 45.3. The third kappa shape index (κ3) is 8.14. The highest BCUT2D eigenvalue weighted by Crippen LogP contribution is 2.25. The van der Waals surface area contributed by atoms with Crippen LogP contribution >= 0.6 is 11.6 Å². The molecular weight excluding hydrogens is 307 g/mol. The summed E-state index contributed by atoms with van der Waals surface area (Å²) in [5, 5.41) is 3.68. The highest BCUT2D eigenvalue weighted by molar-refractivity contribution is 6.32. The van der Waals surface area contributed by atoms with E-state index in [1.54, 1.807) is 12.1 Å². The van der Waals surface area contributed by atoms with Crippen molar-refractivity contribution in [2.75, 3.05) is 26.4 Å². The molecule has 1 aromatic carbocycles. The number of halogens is 4. The summed E-state index contributed by atoms with van der Waals surface area (Å²) in [6.07, 6.45) is -3.27. The Morgan fingerprint density at radius 1 is 1.24 bits per heavy atom. The standard InChI is InChI=1S/C14H19ClF3NO2/c1-2-5-19-9-11-3-4-13(12(15)8-11)21-7-6-20-10-14(16,17)18/h3-4,8,19H,2,5-7,9-10H2,1H3. The second-order valence-electron chi connectivity index (χ2n) is 4.46. The van der Waals surface area contributed by atoms with E-state index in [4.69, 9.17) is 16.3 Å². The Morgan fingerprint density at radius 2 is 2.00 bits per heavy atom. The minimum absolute atomic E-state index is 0.0171. The lowest BCUT2D eigenvalue weighted by Gasteiger charge is -2.11. The number of ether oxygens (including phenoxy) is 2. The fraction of sp³-hybridized carbons (Fsp3) is 0.571. The molecule has 0 heterocycles. The highest BCUT2D eigenvalue weighted by Gasteiger charge is 2.27. The van der Waals surface area contributed by atoms with Crippen molar-refractivity contribution in [2.24, 2.45) is 0 Å². The predicted molar refractivity (Wildman–Crippen MR) is 75.8 cm³/mol. The fourth-order valence-electron chi connectivity index (χ4n) is 1.58. The van der Waals surface area contributed by atoms with Crippen LogP contribution in [0.1, 0.15) is 18.9 Å². The van der Waals surface area contributed by atoms with Crippen molar-refractivity contribution < 1.29 is 22.6 Å². The van der Waals surface area contributed by atoms with Crippen LogP contribution in [-0.2, 0) is 11.3 Å². The molecule has 0 saturated carbocycles. The minimum atomic E-state index is -4.31. The normalized spacial score (nSPS) is 11.7. The molecule has 0 unspecified atom stereocenters. The number of alkyl halides is 3. The van der Waals surface area contributed by atoms with E-state index in [1.807, 2.05) is 6.07 Å². The van der Waals surface area contributed by atoms with Crippen molar-refractivity contribution in [1.29, 1.82) is 0 Å². The largest absolute Gasteiger partial charge is 0.490 e. The Balaban J connectivity index is 2.32. The van der Waals surface area contributed by atoms with E-state index in [0.717, 1.165) is 18.5 Å². The van der Waals surface area contributed by atoms with Gasteiger partial charge in [-0.2, -0.15) is 13.2 Å². The van der Waals surface area contributed by atoms with Gasteiger partial charge in [0.2, 0.25) is 0 Å². The quantitative estimate of drug-likeness (QED) is 0.701. The Morgan fingerprint density at radius 3 is 2.62 bits per heavy atom. The first-order chi connectivity index (χ1) is 9.92. The second-order valence-corrected chi connectivity index (χ2v) is 4.86. The van der Waals surface area contributed by atoms with Crippen LogP contribution in [0.4, 0.5) is 13.2 Å². The molecule has 7 heteroatoms. The zero-order valence-electron chi connectivity index (χ0n) is 11.8. The molecule has 0 fully saturated rings. The maximum atomic E-state index is 11.8. The molecule has 0 saturated heterocycles. The lowest BCUT2D eigenvalue weighted by molar-refractivity contribution is -0.175. The molecule has 3 nitrogen and oxygen atoms in total. The summed E-state index contributed by atoms with van der Waals surface area (Å²) in [6, 6.07) is 5.34. The third-order valence-electron chi connectivity index (χ3n) is 2.50. The molecule has 0 aliphatic heterocycles. The first kappa shape index (κ1) is 18.1. The van der Waals surface area contributed by atoms with Gasteiger partial charge in [0.1, 0.15) is 19.0 Å². The minimum Gasteiger partial charge on any atom is -0.490 e. The molecule has 0 bridgehead atoms. The summed E-state index contributed by atoms with van der Waals surface area (Å²) in [4.78, 5) is 0. The van der Waals surface area contributed by atoms with E-state index in [0.29, 0.717) is 17.3 Å². The van der Waals surface area contributed by atoms with Gasteiger partial charge in [0.05, 0.1) is 11.6 Å². The Bertz CT molecular complexity index is 427. The van der Waals surface area contributed by atoms with Gasteiger partial charge >= 0.3 is 6.18 Å². The summed E-state index contributed by atoms with van der Waals surface area (Å²) in [5.41, 5.74) is 1.02. The lowest BCUT2D eigenvalue weighted by Crippen LogP contribution is -2.19. The van der Waals surface area contributed by atoms with E-state index < -0.39 is 12.8 Å². The van der Waals surface area contributed by atoms with Crippen LogP contribution in [0.25, 0.3) is 0 Å². The average molecular weight is 326 g/mol. The second kappa shape index (κ2) is 9.12. The van der Waals surface area contributed by atoms with Crippen molar-refractivity contribution in [1.82, 2.24) is 5.32 Å². The van der Waals surface area contributed by atoms with Crippen molar-refractivity contribution in [2.45, 2.75) is 26.1 Å². The molecule has 1 rings (SSSR count). The van der Waals surface area contributed by atoms with Crippen molar-refractivity contribution in [3.63, 3.8) is 0 Å².